The van der Waals surface area contributed by atoms with Crippen LogP contribution in [0.5, 0.6) is 0 Å². The molecule has 110 valence electrons. The van der Waals surface area contributed by atoms with Gasteiger partial charge in [-0.25, -0.2) is 0 Å². The third-order valence-corrected chi connectivity index (χ3v) is 4.36. The molecule has 0 N–H and O–H groups in total. The first kappa shape index (κ1) is 16.0. The van der Waals surface area contributed by atoms with Crippen molar-refractivity contribution in [3.8, 4) is 0 Å². The summed E-state index contributed by atoms with van der Waals surface area (Å²) in [7, 11) is 2.68. The zero-order valence-corrected chi connectivity index (χ0v) is 12.5. The number of carbonyl (C=O) groups is 2. The van der Waals surface area contributed by atoms with Gasteiger partial charge in [-0.3, -0.25) is 9.59 Å². The fourth-order valence-electron chi connectivity index (χ4n) is 3.54. The second kappa shape index (κ2) is 6.92. The molecule has 19 heavy (non-hydrogen) atoms. The van der Waals surface area contributed by atoms with Crippen LogP contribution in [-0.4, -0.2) is 26.2 Å². The Labute approximate surface area is 115 Å². The quantitative estimate of drug-likeness (QED) is 0.550. The molecule has 1 saturated carbocycles. The highest BCUT2D eigenvalue weighted by Gasteiger charge is 2.56. The minimum atomic E-state index is -1.07. The lowest BCUT2D eigenvalue weighted by Gasteiger charge is -2.23. The normalized spacial score (nSPS) is 25.1. The summed E-state index contributed by atoms with van der Waals surface area (Å²) in [6, 6.07) is 0. The van der Waals surface area contributed by atoms with E-state index in [1.54, 1.807) is 0 Å². The van der Waals surface area contributed by atoms with Crippen LogP contribution in [0.1, 0.15) is 52.4 Å². The molecular weight excluding hydrogens is 244 g/mol. The van der Waals surface area contributed by atoms with Crippen molar-refractivity contribution in [1.82, 2.24) is 0 Å². The van der Waals surface area contributed by atoms with E-state index in [2.05, 4.69) is 13.8 Å². The second-order valence-electron chi connectivity index (χ2n) is 5.57. The van der Waals surface area contributed by atoms with Gasteiger partial charge in [-0.1, -0.05) is 39.5 Å². The van der Waals surface area contributed by atoms with Gasteiger partial charge in [-0.05, 0) is 24.7 Å². The van der Waals surface area contributed by atoms with E-state index in [-0.39, 0.29) is 0 Å². The lowest BCUT2D eigenvalue weighted by Crippen LogP contribution is -2.39. The van der Waals surface area contributed by atoms with Crippen LogP contribution in [0.15, 0.2) is 0 Å². The Morgan fingerprint density at radius 2 is 1.32 bits per heavy atom. The molecule has 0 spiro atoms. The number of esters is 2. The first-order valence-electron chi connectivity index (χ1n) is 7.22. The summed E-state index contributed by atoms with van der Waals surface area (Å²) < 4.78 is 9.75. The van der Waals surface area contributed by atoms with Crippen molar-refractivity contribution in [3.63, 3.8) is 0 Å². The molecule has 1 rings (SSSR count). The Hall–Kier alpha value is -1.06. The van der Waals surface area contributed by atoms with Gasteiger partial charge in [-0.15, -0.1) is 0 Å². The van der Waals surface area contributed by atoms with Gasteiger partial charge in [-0.2, -0.15) is 0 Å². The Balaban J connectivity index is 3.00. The summed E-state index contributed by atoms with van der Waals surface area (Å²) in [6.45, 7) is 4.28. The number of rotatable bonds is 6. The molecule has 4 nitrogen and oxygen atoms in total. The predicted octanol–water partition coefficient (Wildman–Crippen LogP) is 2.95. The molecule has 0 saturated heterocycles. The van der Waals surface area contributed by atoms with Gasteiger partial charge in [0.1, 0.15) is 0 Å². The molecule has 0 unspecified atom stereocenters. The lowest BCUT2D eigenvalue weighted by atomic mass is 9.84. The van der Waals surface area contributed by atoms with Gasteiger partial charge in [0.2, 0.25) is 0 Å². The average molecular weight is 270 g/mol. The van der Waals surface area contributed by atoms with Gasteiger partial charge in [0.25, 0.3) is 0 Å². The molecule has 0 aromatic heterocycles. The maximum absolute atomic E-state index is 12.1. The molecule has 1 fully saturated rings. The van der Waals surface area contributed by atoms with Crippen LogP contribution >= 0.6 is 0 Å². The summed E-state index contributed by atoms with van der Waals surface area (Å²) in [5.74, 6) is -0.0237. The minimum Gasteiger partial charge on any atom is -0.468 e. The molecule has 2 atom stereocenters. The van der Waals surface area contributed by atoms with E-state index in [0.29, 0.717) is 24.7 Å². The van der Waals surface area contributed by atoms with Crippen molar-refractivity contribution < 1.29 is 19.1 Å². The first-order chi connectivity index (χ1) is 9.05. The van der Waals surface area contributed by atoms with Crippen LogP contribution in [0.4, 0.5) is 0 Å². The van der Waals surface area contributed by atoms with Crippen LogP contribution in [0.3, 0.4) is 0 Å². The molecule has 0 aromatic rings. The van der Waals surface area contributed by atoms with E-state index in [9.17, 15) is 9.59 Å². The number of hydrogen-bond donors (Lipinski definition) is 0. The topological polar surface area (TPSA) is 52.6 Å². The zero-order valence-electron chi connectivity index (χ0n) is 12.5. The van der Waals surface area contributed by atoms with Crippen LogP contribution in [0, 0.1) is 17.3 Å². The van der Waals surface area contributed by atoms with E-state index in [1.165, 1.54) is 14.2 Å². The van der Waals surface area contributed by atoms with Crippen molar-refractivity contribution in [3.05, 3.63) is 0 Å². The van der Waals surface area contributed by atoms with Crippen molar-refractivity contribution in [2.45, 2.75) is 52.4 Å². The van der Waals surface area contributed by atoms with Crippen molar-refractivity contribution in [2.75, 3.05) is 14.2 Å². The molecule has 0 heterocycles. The molecule has 0 radical (unpaired) electrons. The molecule has 0 amide bonds. The van der Waals surface area contributed by atoms with E-state index in [4.69, 9.17) is 9.47 Å². The highest BCUT2D eigenvalue weighted by Crippen LogP contribution is 2.50. The third-order valence-electron chi connectivity index (χ3n) is 4.36. The Morgan fingerprint density at radius 3 is 1.58 bits per heavy atom. The minimum absolute atomic E-state index is 0.420. The largest absolute Gasteiger partial charge is 0.468 e. The lowest BCUT2D eigenvalue weighted by molar-refractivity contribution is -0.169. The number of ether oxygens (including phenoxy) is 2. The summed E-state index contributed by atoms with van der Waals surface area (Å²) in [4.78, 5) is 24.2. The SMILES string of the molecule is CCC[C@H]1CC(C(=O)OC)(C(=O)OC)C[C@@H]1CCC. The Morgan fingerprint density at radius 1 is 0.947 bits per heavy atom. The summed E-state index contributed by atoms with van der Waals surface area (Å²) in [5, 5.41) is 0. The molecule has 4 heteroatoms. The second-order valence-corrected chi connectivity index (χ2v) is 5.57. The van der Waals surface area contributed by atoms with Crippen LogP contribution in [-0.2, 0) is 19.1 Å². The first-order valence-corrected chi connectivity index (χ1v) is 7.22. The van der Waals surface area contributed by atoms with E-state index < -0.39 is 17.4 Å². The molecular formula is C15H26O4. The smallest absolute Gasteiger partial charge is 0.323 e. The van der Waals surface area contributed by atoms with Gasteiger partial charge >= 0.3 is 11.9 Å². The predicted molar refractivity (Wildman–Crippen MR) is 72.5 cm³/mol. The van der Waals surface area contributed by atoms with Gasteiger partial charge in [0.05, 0.1) is 14.2 Å². The van der Waals surface area contributed by atoms with Crippen molar-refractivity contribution >= 4 is 11.9 Å². The number of hydrogen-bond acceptors (Lipinski definition) is 4. The fraction of sp³-hybridized carbons (Fsp3) is 0.867. The van der Waals surface area contributed by atoms with E-state index in [1.807, 2.05) is 0 Å². The van der Waals surface area contributed by atoms with Crippen LogP contribution in [0.2, 0.25) is 0 Å². The zero-order chi connectivity index (χ0) is 14.5. The van der Waals surface area contributed by atoms with Gasteiger partial charge in [0.15, 0.2) is 5.41 Å². The highest BCUT2D eigenvalue weighted by atomic mass is 16.5. The van der Waals surface area contributed by atoms with Crippen LogP contribution in [0.25, 0.3) is 0 Å². The van der Waals surface area contributed by atoms with Gasteiger partial charge < -0.3 is 9.47 Å². The standard InChI is InChI=1S/C15H26O4/c1-5-7-11-9-15(13(16)18-3,14(17)19-4)10-12(11)8-6-2/h11-12H,5-10H2,1-4H3/t11-,12-/m0/s1. The van der Waals surface area contributed by atoms with Crippen LogP contribution < -0.4 is 0 Å². The number of carbonyl (C=O) groups excluding carboxylic acids is 2. The monoisotopic (exact) mass is 270 g/mol. The summed E-state index contributed by atoms with van der Waals surface area (Å²) >= 11 is 0. The molecule has 1 aliphatic carbocycles. The highest BCUT2D eigenvalue weighted by molar-refractivity contribution is 6.00. The summed E-state index contributed by atoms with van der Waals surface area (Å²) in [6.07, 6.45) is 5.41. The average Bonchev–Trinajstić information content (AvgIpc) is 2.78. The maximum atomic E-state index is 12.1. The molecule has 1 aliphatic rings. The third kappa shape index (κ3) is 3.10. The molecule has 0 bridgehead atoms. The van der Waals surface area contributed by atoms with Gasteiger partial charge in [0, 0.05) is 0 Å². The van der Waals surface area contributed by atoms with Crippen molar-refractivity contribution in [1.29, 1.82) is 0 Å². The maximum Gasteiger partial charge on any atom is 0.323 e. The number of methoxy groups -OCH3 is 2. The molecule has 0 aliphatic heterocycles. The summed E-state index contributed by atoms with van der Waals surface area (Å²) in [5.41, 5.74) is -1.07. The van der Waals surface area contributed by atoms with E-state index >= 15 is 0 Å². The Bertz CT molecular complexity index is 292. The fourth-order valence-corrected chi connectivity index (χ4v) is 3.54. The molecule has 0 aromatic carbocycles. The van der Waals surface area contributed by atoms with Crippen molar-refractivity contribution in [2.24, 2.45) is 17.3 Å². The Kier molecular flexibility index (Phi) is 5.83. The van der Waals surface area contributed by atoms with E-state index in [0.717, 1.165) is 25.7 Å².